The van der Waals surface area contributed by atoms with E-state index in [0.717, 1.165) is 12.8 Å². The number of rotatable bonds is 0. The molecule has 1 aromatic rings. The summed E-state index contributed by atoms with van der Waals surface area (Å²) in [5.41, 5.74) is 0. The molecule has 1 aromatic carbocycles. The molecule has 1 aliphatic carbocycles. The first kappa shape index (κ1) is 9.20. The molecule has 0 aromatic heterocycles. The highest BCUT2D eigenvalue weighted by Gasteiger charge is 2.11. The molecule has 0 spiro atoms. The van der Waals surface area contributed by atoms with Crippen LogP contribution in [0.25, 0.3) is 0 Å². The Morgan fingerprint density at radius 2 is 1.67 bits per heavy atom. The molecule has 1 saturated carbocycles. The highest BCUT2D eigenvalue weighted by atomic mass is 19.1. The molecule has 0 heterocycles. The predicted molar refractivity (Wildman–Crippen MR) is 46.3 cm³/mol. The largest absolute Gasteiger partial charge is 0.393 e. The van der Waals surface area contributed by atoms with Crippen LogP contribution in [0.1, 0.15) is 19.3 Å². The van der Waals surface area contributed by atoms with E-state index in [1.54, 1.807) is 18.2 Å². The second-order valence-electron chi connectivity index (χ2n) is 2.88. The van der Waals surface area contributed by atoms with Crippen LogP contribution in [0, 0.1) is 5.82 Å². The molecular weight excluding hydrogens is 155 g/mol. The molecule has 0 unspecified atom stereocenters. The lowest BCUT2D eigenvalue weighted by molar-refractivity contribution is 0.0950. The molecule has 1 aliphatic rings. The second-order valence-corrected chi connectivity index (χ2v) is 2.88. The summed E-state index contributed by atoms with van der Waals surface area (Å²) in [5.74, 6) is -0.178. The lowest BCUT2D eigenvalue weighted by Gasteiger charge is -2.17. The van der Waals surface area contributed by atoms with E-state index in [0.29, 0.717) is 0 Å². The Hall–Kier alpha value is -0.890. The van der Waals surface area contributed by atoms with E-state index in [9.17, 15) is 4.39 Å². The zero-order valence-electron chi connectivity index (χ0n) is 6.91. The van der Waals surface area contributed by atoms with Gasteiger partial charge in [-0.3, -0.25) is 0 Å². The van der Waals surface area contributed by atoms with Crippen molar-refractivity contribution >= 4 is 0 Å². The van der Waals surface area contributed by atoms with Crippen LogP contribution in [0.4, 0.5) is 4.39 Å². The Labute approximate surface area is 71.9 Å². The van der Waals surface area contributed by atoms with Crippen molar-refractivity contribution in [3.8, 4) is 0 Å². The average Bonchev–Trinajstić information content (AvgIpc) is 2.04. The van der Waals surface area contributed by atoms with Crippen LogP contribution in [-0.4, -0.2) is 11.2 Å². The van der Waals surface area contributed by atoms with E-state index < -0.39 is 0 Å². The van der Waals surface area contributed by atoms with Gasteiger partial charge in [-0.2, -0.15) is 0 Å². The molecule has 1 fully saturated rings. The van der Waals surface area contributed by atoms with Gasteiger partial charge in [0.15, 0.2) is 0 Å². The SMILES string of the molecule is Fc1ccccc1.OC1CCC1. The molecule has 0 saturated heterocycles. The number of hydrogen-bond acceptors (Lipinski definition) is 1. The van der Waals surface area contributed by atoms with Gasteiger partial charge in [-0.15, -0.1) is 0 Å². The summed E-state index contributed by atoms with van der Waals surface area (Å²) in [6, 6.07) is 7.94. The van der Waals surface area contributed by atoms with Crippen LogP contribution in [0.15, 0.2) is 30.3 Å². The summed E-state index contributed by atoms with van der Waals surface area (Å²) in [5, 5.41) is 8.45. The fourth-order valence-electron chi connectivity index (χ4n) is 0.801. The number of benzene rings is 1. The first-order valence-corrected chi connectivity index (χ1v) is 4.17. The predicted octanol–water partition coefficient (Wildman–Crippen LogP) is 2.36. The van der Waals surface area contributed by atoms with Gasteiger partial charge >= 0.3 is 0 Å². The lowest BCUT2D eigenvalue weighted by Crippen LogP contribution is -2.15. The zero-order chi connectivity index (χ0) is 8.81. The van der Waals surface area contributed by atoms with Gasteiger partial charge in [0, 0.05) is 0 Å². The normalized spacial score (nSPS) is 15.8. The molecule has 0 aliphatic heterocycles. The Morgan fingerprint density at radius 1 is 1.17 bits per heavy atom. The lowest BCUT2D eigenvalue weighted by atomic mass is 9.97. The molecular formula is C10H13FO. The summed E-state index contributed by atoms with van der Waals surface area (Å²) >= 11 is 0. The van der Waals surface area contributed by atoms with Crippen molar-refractivity contribution in [2.24, 2.45) is 0 Å². The zero-order valence-corrected chi connectivity index (χ0v) is 6.91. The molecule has 66 valence electrons. The van der Waals surface area contributed by atoms with Crippen molar-refractivity contribution in [3.63, 3.8) is 0 Å². The minimum absolute atomic E-state index is 0.0648. The van der Waals surface area contributed by atoms with E-state index >= 15 is 0 Å². The third-order valence-corrected chi connectivity index (χ3v) is 1.81. The van der Waals surface area contributed by atoms with Crippen LogP contribution < -0.4 is 0 Å². The molecule has 1 nitrogen and oxygen atoms in total. The molecule has 12 heavy (non-hydrogen) atoms. The minimum atomic E-state index is -0.178. The molecule has 0 bridgehead atoms. The van der Waals surface area contributed by atoms with E-state index in [2.05, 4.69) is 0 Å². The monoisotopic (exact) mass is 168 g/mol. The Kier molecular flexibility index (Phi) is 3.74. The molecule has 0 radical (unpaired) electrons. The third-order valence-electron chi connectivity index (χ3n) is 1.81. The van der Waals surface area contributed by atoms with Gasteiger partial charge in [-0.1, -0.05) is 18.2 Å². The van der Waals surface area contributed by atoms with E-state index in [1.807, 2.05) is 0 Å². The quantitative estimate of drug-likeness (QED) is 0.630. The number of halogens is 1. The van der Waals surface area contributed by atoms with E-state index in [1.165, 1.54) is 18.6 Å². The van der Waals surface area contributed by atoms with E-state index in [-0.39, 0.29) is 11.9 Å². The Morgan fingerprint density at radius 3 is 1.83 bits per heavy atom. The van der Waals surface area contributed by atoms with Crippen molar-refractivity contribution in [1.82, 2.24) is 0 Å². The van der Waals surface area contributed by atoms with Crippen LogP contribution in [-0.2, 0) is 0 Å². The maximum Gasteiger partial charge on any atom is 0.123 e. The number of aliphatic hydroxyl groups excluding tert-OH is 1. The fourth-order valence-corrected chi connectivity index (χ4v) is 0.801. The Balaban J connectivity index is 0.000000127. The second kappa shape index (κ2) is 4.88. The van der Waals surface area contributed by atoms with Crippen molar-refractivity contribution in [1.29, 1.82) is 0 Å². The van der Waals surface area contributed by atoms with Gasteiger partial charge in [-0.05, 0) is 31.4 Å². The maximum absolute atomic E-state index is 11.9. The summed E-state index contributed by atoms with van der Waals surface area (Å²) in [6.07, 6.45) is 3.39. The van der Waals surface area contributed by atoms with Gasteiger partial charge in [0.05, 0.1) is 6.10 Å². The average molecular weight is 168 g/mol. The van der Waals surface area contributed by atoms with Crippen molar-refractivity contribution < 1.29 is 9.50 Å². The molecule has 0 atom stereocenters. The summed E-state index contributed by atoms with van der Waals surface area (Å²) in [6.45, 7) is 0. The van der Waals surface area contributed by atoms with Gasteiger partial charge in [0.2, 0.25) is 0 Å². The minimum Gasteiger partial charge on any atom is -0.393 e. The summed E-state index contributed by atoms with van der Waals surface area (Å²) in [4.78, 5) is 0. The van der Waals surface area contributed by atoms with Gasteiger partial charge in [0.25, 0.3) is 0 Å². The van der Waals surface area contributed by atoms with Crippen LogP contribution >= 0.6 is 0 Å². The molecule has 0 amide bonds. The first-order valence-electron chi connectivity index (χ1n) is 4.17. The third kappa shape index (κ3) is 3.49. The van der Waals surface area contributed by atoms with Gasteiger partial charge in [-0.25, -0.2) is 4.39 Å². The highest BCUT2D eigenvalue weighted by molar-refractivity contribution is 5.02. The van der Waals surface area contributed by atoms with E-state index in [4.69, 9.17) is 5.11 Å². The smallest absolute Gasteiger partial charge is 0.123 e. The Bertz CT molecular complexity index is 206. The molecule has 2 heteroatoms. The molecule has 1 N–H and O–H groups in total. The standard InChI is InChI=1S/C6H5F.C4H8O/c7-6-4-2-1-3-5-6;5-4-2-1-3-4/h1-5H;4-5H,1-3H2. The van der Waals surface area contributed by atoms with Crippen molar-refractivity contribution in [2.45, 2.75) is 25.4 Å². The fraction of sp³-hybridized carbons (Fsp3) is 0.400. The molecule has 2 rings (SSSR count). The maximum atomic E-state index is 11.9. The highest BCUT2D eigenvalue weighted by Crippen LogP contribution is 2.16. The summed E-state index contributed by atoms with van der Waals surface area (Å²) in [7, 11) is 0. The van der Waals surface area contributed by atoms with Gasteiger partial charge < -0.3 is 5.11 Å². The topological polar surface area (TPSA) is 20.2 Å². The summed E-state index contributed by atoms with van der Waals surface area (Å²) < 4.78 is 11.9. The van der Waals surface area contributed by atoms with Gasteiger partial charge in [0.1, 0.15) is 5.82 Å². The van der Waals surface area contributed by atoms with Crippen LogP contribution in [0.3, 0.4) is 0 Å². The van der Waals surface area contributed by atoms with Crippen LogP contribution in [0.5, 0.6) is 0 Å². The van der Waals surface area contributed by atoms with Crippen molar-refractivity contribution in [3.05, 3.63) is 36.1 Å². The van der Waals surface area contributed by atoms with Crippen LogP contribution in [0.2, 0.25) is 0 Å². The van der Waals surface area contributed by atoms with Crippen molar-refractivity contribution in [2.75, 3.05) is 0 Å². The number of aliphatic hydroxyl groups is 1. The number of hydrogen-bond donors (Lipinski definition) is 1. The first-order chi connectivity index (χ1) is 5.79.